The molecule has 134 valence electrons. The number of aromatic hydroxyl groups is 1. The molecule has 1 aliphatic rings. The number of benzene rings is 1. The van der Waals surface area contributed by atoms with Gasteiger partial charge in [-0.2, -0.15) is 5.10 Å². The van der Waals surface area contributed by atoms with Crippen molar-refractivity contribution in [3.05, 3.63) is 40.6 Å². The molecule has 2 aromatic heterocycles. The number of fused-ring (bicyclic) bond motifs is 1. The largest absolute Gasteiger partial charge is 0.505 e. The van der Waals surface area contributed by atoms with E-state index in [0.29, 0.717) is 39.6 Å². The lowest BCUT2D eigenvalue weighted by molar-refractivity contribution is 0.100. The topological polar surface area (TPSA) is 120 Å². The minimum atomic E-state index is -0.717. The smallest absolute Gasteiger partial charge is 0.254 e. The number of nitrogen functional groups attached to an aromatic ring is 1. The molecule has 1 aromatic carbocycles. The Morgan fingerprint density at radius 1 is 1.38 bits per heavy atom. The highest BCUT2D eigenvalue weighted by Crippen LogP contribution is 2.41. The quantitative estimate of drug-likeness (QED) is 0.666. The molecular formula is C18H18FN5O2. The van der Waals surface area contributed by atoms with Crippen molar-refractivity contribution in [3.63, 3.8) is 0 Å². The summed E-state index contributed by atoms with van der Waals surface area (Å²) in [5, 5.41) is 14.4. The van der Waals surface area contributed by atoms with E-state index in [9.17, 15) is 14.3 Å². The summed E-state index contributed by atoms with van der Waals surface area (Å²) < 4.78 is 15.3. The first-order valence-electron chi connectivity index (χ1n) is 8.27. The van der Waals surface area contributed by atoms with Gasteiger partial charge in [0.1, 0.15) is 5.56 Å². The fourth-order valence-electron chi connectivity index (χ4n) is 3.34. The zero-order valence-corrected chi connectivity index (χ0v) is 14.4. The summed E-state index contributed by atoms with van der Waals surface area (Å²) in [5.41, 5.74) is 14.2. The molecule has 1 saturated carbocycles. The molecule has 5 N–H and O–H groups in total. The number of carbonyl (C=O) groups excluding carboxylic acids is 1. The summed E-state index contributed by atoms with van der Waals surface area (Å²) in [4.78, 5) is 16.5. The molecule has 7 nitrogen and oxygen atoms in total. The van der Waals surface area contributed by atoms with Gasteiger partial charge in [-0.05, 0) is 43.9 Å². The number of halogens is 1. The van der Waals surface area contributed by atoms with Gasteiger partial charge in [-0.15, -0.1) is 0 Å². The van der Waals surface area contributed by atoms with E-state index in [2.05, 4.69) is 10.1 Å². The van der Waals surface area contributed by atoms with Crippen molar-refractivity contribution in [2.45, 2.75) is 32.6 Å². The third-order valence-electron chi connectivity index (χ3n) is 4.83. The molecule has 2 heterocycles. The van der Waals surface area contributed by atoms with Gasteiger partial charge < -0.3 is 16.6 Å². The second-order valence-electron chi connectivity index (χ2n) is 6.73. The van der Waals surface area contributed by atoms with Crippen molar-refractivity contribution in [1.29, 1.82) is 0 Å². The molecule has 1 aliphatic carbocycles. The summed E-state index contributed by atoms with van der Waals surface area (Å²) in [6.45, 7) is 3.29. The third kappa shape index (κ3) is 2.29. The zero-order chi connectivity index (χ0) is 18.7. The SMILES string of the molecule is Cc1cc(F)c(O)c(C)c1-c1cn2nc(C3CC3)nc2c(C(N)=O)c1N. The molecule has 0 atom stereocenters. The summed E-state index contributed by atoms with van der Waals surface area (Å²) in [7, 11) is 0. The Labute approximate surface area is 148 Å². The van der Waals surface area contributed by atoms with Crippen molar-refractivity contribution < 1.29 is 14.3 Å². The van der Waals surface area contributed by atoms with Crippen molar-refractivity contribution in [1.82, 2.24) is 14.6 Å². The molecule has 0 bridgehead atoms. The maximum Gasteiger partial charge on any atom is 0.254 e. The number of hydrogen-bond acceptors (Lipinski definition) is 5. The molecule has 1 fully saturated rings. The first-order chi connectivity index (χ1) is 12.3. The predicted molar refractivity (Wildman–Crippen MR) is 94.4 cm³/mol. The highest BCUT2D eigenvalue weighted by molar-refractivity contribution is 6.07. The first-order valence-corrected chi connectivity index (χ1v) is 8.27. The van der Waals surface area contributed by atoms with Crippen LogP contribution in [0, 0.1) is 19.7 Å². The number of amides is 1. The molecule has 1 amide bonds. The van der Waals surface area contributed by atoms with Gasteiger partial charge in [0, 0.05) is 23.2 Å². The number of rotatable bonds is 3. The molecule has 4 rings (SSSR count). The van der Waals surface area contributed by atoms with Crippen LogP contribution in [0.15, 0.2) is 12.3 Å². The summed E-state index contributed by atoms with van der Waals surface area (Å²) >= 11 is 0. The normalized spacial score (nSPS) is 14.1. The molecule has 0 radical (unpaired) electrons. The minimum Gasteiger partial charge on any atom is -0.505 e. The van der Waals surface area contributed by atoms with Crippen LogP contribution >= 0.6 is 0 Å². The molecule has 0 unspecified atom stereocenters. The van der Waals surface area contributed by atoms with E-state index in [-0.39, 0.29) is 11.3 Å². The Kier molecular flexibility index (Phi) is 3.40. The van der Waals surface area contributed by atoms with Crippen LogP contribution in [0.2, 0.25) is 0 Å². The van der Waals surface area contributed by atoms with Crippen LogP contribution in [-0.4, -0.2) is 25.6 Å². The van der Waals surface area contributed by atoms with Gasteiger partial charge in [0.15, 0.2) is 23.0 Å². The molecule has 0 aliphatic heterocycles. The van der Waals surface area contributed by atoms with Crippen molar-refractivity contribution in [2.75, 3.05) is 5.73 Å². The average molecular weight is 355 g/mol. The van der Waals surface area contributed by atoms with E-state index in [1.807, 2.05) is 0 Å². The fraction of sp³-hybridized carbons (Fsp3) is 0.278. The number of aromatic nitrogens is 3. The molecule has 3 aromatic rings. The van der Waals surface area contributed by atoms with Crippen molar-refractivity contribution >= 4 is 17.2 Å². The number of aryl methyl sites for hydroxylation is 1. The van der Waals surface area contributed by atoms with Gasteiger partial charge in [-0.3, -0.25) is 4.79 Å². The van der Waals surface area contributed by atoms with Crippen LogP contribution in [0.25, 0.3) is 16.8 Å². The molecule has 26 heavy (non-hydrogen) atoms. The third-order valence-corrected chi connectivity index (χ3v) is 4.83. The highest BCUT2D eigenvalue weighted by atomic mass is 19.1. The van der Waals surface area contributed by atoms with Crippen molar-refractivity contribution in [3.8, 4) is 16.9 Å². The van der Waals surface area contributed by atoms with E-state index in [1.54, 1.807) is 20.0 Å². The highest BCUT2D eigenvalue weighted by Gasteiger charge is 2.30. The average Bonchev–Trinajstić information content (AvgIpc) is 3.33. The Morgan fingerprint density at radius 2 is 2.08 bits per heavy atom. The molecular weight excluding hydrogens is 337 g/mol. The van der Waals surface area contributed by atoms with E-state index < -0.39 is 17.5 Å². The number of pyridine rings is 1. The second-order valence-corrected chi connectivity index (χ2v) is 6.73. The van der Waals surface area contributed by atoms with Crippen molar-refractivity contribution in [2.24, 2.45) is 5.73 Å². The summed E-state index contributed by atoms with van der Waals surface area (Å²) in [6.07, 6.45) is 3.66. The van der Waals surface area contributed by atoms with Gasteiger partial charge in [0.05, 0.1) is 5.69 Å². The number of hydrogen-bond donors (Lipinski definition) is 3. The molecule has 0 spiro atoms. The maximum atomic E-state index is 13.8. The van der Waals surface area contributed by atoms with Gasteiger partial charge >= 0.3 is 0 Å². The Hall–Kier alpha value is -3.16. The maximum absolute atomic E-state index is 13.8. The predicted octanol–water partition coefficient (Wildman–Crippen LogP) is 2.42. The number of anilines is 1. The number of nitrogens with zero attached hydrogens (tertiary/aromatic N) is 3. The van der Waals surface area contributed by atoms with E-state index in [4.69, 9.17) is 11.5 Å². The van der Waals surface area contributed by atoms with Crippen LogP contribution in [0.3, 0.4) is 0 Å². The lowest BCUT2D eigenvalue weighted by atomic mass is 9.93. The Morgan fingerprint density at radius 3 is 2.69 bits per heavy atom. The van der Waals surface area contributed by atoms with Crippen LogP contribution < -0.4 is 11.5 Å². The van der Waals surface area contributed by atoms with Gasteiger partial charge in [-0.25, -0.2) is 13.9 Å². The van der Waals surface area contributed by atoms with Crippen LogP contribution in [0.5, 0.6) is 5.75 Å². The van der Waals surface area contributed by atoms with Gasteiger partial charge in [-0.1, -0.05) is 0 Å². The molecule has 8 heteroatoms. The zero-order valence-electron chi connectivity index (χ0n) is 14.4. The van der Waals surface area contributed by atoms with Crippen LogP contribution in [-0.2, 0) is 0 Å². The molecule has 0 saturated heterocycles. The van der Waals surface area contributed by atoms with Gasteiger partial charge in [0.2, 0.25) is 0 Å². The summed E-state index contributed by atoms with van der Waals surface area (Å²) in [6, 6.07) is 1.22. The number of phenols is 1. The number of primary amides is 1. The monoisotopic (exact) mass is 355 g/mol. The number of carbonyl (C=O) groups is 1. The number of nitrogens with two attached hydrogens (primary N) is 2. The lowest BCUT2D eigenvalue weighted by Crippen LogP contribution is -2.16. The first kappa shape index (κ1) is 16.3. The fourth-order valence-corrected chi connectivity index (χ4v) is 3.34. The van der Waals surface area contributed by atoms with Crippen LogP contribution in [0.1, 0.15) is 46.1 Å². The van der Waals surface area contributed by atoms with Gasteiger partial charge in [0.25, 0.3) is 5.91 Å². The number of phenolic OH excluding ortho intramolecular Hbond substituents is 1. The second kappa shape index (κ2) is 5.42. The lowest BCUT2D eigenvalue weighted by Gasteiger charge is -2.16. The Balaban J connectivity index is 2.07. The minimum absolute atomic E-state index is 0.0736. The van der Waals surface area contributed by atoms with E-state index in [0.717, 1.165) is 12.8 Å². The van der Waals surface area contributed by atoms with Crippen LogP contribution in [0.4, 0.5) is 10.1 Å². The standard InChI is InChI=1S/C18H18FN5O2/c1-7-5-11(19)15(25)8(2)12(7)10-6-24-18(13(14(10)20)16(21)26)22-17(23-24)9-3-4-9/h5-6,9,25H,3-4,20H2,1-2H3,(H2,21,26). The van der Waals surface area contributed by atoms with E-state index in [1.165, 1.54) is 10.6 Å². The van der Waals surface area contributed by atoms with E-state index >= 15 is 0 Å². The Bertz CT molecular complexity index is 1090. The summed E-state index contributed by atoms with van der Waals surface area (Å²) in [5.74, 6) is -0.942.